The van der Waals surface area contributed by atoms with Crippen LogP contribution in [0.25, 0.3) is 0 Å². The molecule has 0 aliphatic carbocycles. The number of carbonyl (C=O) groups is 4. The summed E-state index contributed by atoms with van der Waals surface area (Å²) in [6.07, 6.45) is 0. The molecule has 0 unspecified atom stereocenters. The first-order valence-electron chi connectivity index (χ1n) is 13.0. The SMILES string of the molecule is C=C(C)C(=O)OCCOc1ccc(C(=O)Oc2cc(F)c(OC(=O)c3ccc(OCCOC(=O)C(=C)C)cc3)c(F)c2)cc1. The van der Waals surface area contributed by atoms with Crippen LogP contribution in [-0.2, 0) is 19.1 Å². The van der Waals surface area contributed by atoms with E-state index in [1.165, 1.54) is 62.4 Å². The van der Waals surface area contributed by atoms with E-state index in [0.717, 1.165) is 0 Å². The maximum absolute atomic E-state index is 14.7. The summed E-state index contributed by atoms with van der Waals surface area (Å²) in [4.78, 5) is 47.6. The number of benzene rings is 3. The van der Waals surface area contributed by atoms with Crippen molar-refractivity contribution in [3.63, 3.8) is 0 Å². The number of esters is 4. The molecule has 0 aromatic heterocycles. The quantitative estimate of drug-likeness (QED) is 0.101. The summed E-state index contributed by atoms with van der Waals surface area (Å²) in [5.74, 6) is -6.32. The van der Waals surface area contributed by atoms with Crippen LogP contribution in [0.3, 0.4) is 0 Å². The number of hydrogen-bond donors (Lipinski definition) is 0. The van der Waals surface area contributed by atoms with Crippen LogP contribution < -0.4 is 18.9 Å². The first kappa shape index (κ1) is 33.0. The normalized spacial score (nSPS) is 10.3. The Balaban J connectivity index is 1.52. The van der Waals surface area contributed by atoms with Crippen molar-refractivity contribution in [1.82, 2.24) is 0 Å². The summed E-state index contributed by atoms with van der Waals surface area (Å²) in [6.45, 7) is 10.1. The Morgan fingerprint density at radius 3 is 1.36 bits per heavy atom. The highest BCUT2D eigenvalue weighted by atomic mass is 19.1. The van der Waals surface area contributed by atoms with E-state index in [1.807, 2.05) is 0 Å². The van der Waals surface area contributed by atoms with E-state index in [4.69, 9.17) is 28.4 Å². The van der Waals surface area contributed by atoms with Crippen molar-refractivity contribution in [3.8, 4) is 23.0 Å². The Labute approximate surface area is 251 Å². The van der Waals surface area contributed by atoms with Crippen LogP contribution in [0.2, 0.25) is 0 Å². The third-order valence-electron chi connectivity index (χ3n) is 5.42. The average molecular weight is 611 g/mol. The molecule has 0 heterocycles. The average Bonchev–Trinajstić information content (AvgIpc) is 2.99. The Hall–Kier alpha value is -5.52. The first-order chi connectivity index (χ1) is 20.9. The monoisotopic (exact) mass is 610 g/mol. The molecule has 0 amide bonds. The summed E-state index contributed by atoms with van der Waals surface area (Å²) in [5.41, 5.74) is 0.544. The maximum Gasteiger partial charge on any atom is 0.343 e. The summed E-state index contributed by atoms with van der Waals surface area (Å²) < 4.78 is 59.9. The molecule has 44 heavy (non-hydrogen) atoms. The fraction of sp³-hybridized carbons (Fsp3) is 0.188. The lowest BCUT2D eigenvalue weighted by atomic mass is 10.2. The molecule has 0 fully saturated rings. The minimum absolute atomic E-state index is 0.00304. The molecule has 0 atom stereocenters. The highest BCUT2D eigenvalue weighted by molar-refractivity contribution is 5.92. The fourth-order valence-corrected chi connectivity index (χ4v) is 3.22. The molecule has 0 aliphatic heterocycles. The van der Waals surface area contributed by atoms with Gasteiger partial charge in [0.25, 0.3) is 0 Å². The van der Waals surface area contributed by atoms with Crippen LogP contribution in [0.15, 0.2) is 85.0 Å². The highest BCUT2D eigenvalue weighted by Gasteiger charge is 2.20. The molecule has 3 rings (SSSR count). The number of rotatable bonds is 14. The Morgan fingerprint density at radius 2 is 0.977 bits per heavy atom. The Kier molecular flexibility index (Phi) is 11.7. The lowest BCUT2D eigenvalue weighted by molar-refractivity contribution is -0.140. The summed E-state index contributed by atoms with van der Waals surface area (Å²) >= 11 is 0. The predicted molar refractivity (Wildman–Crippen MR) is 152 cm³/mol. The van der Waals surface area contributed by atoms with Crippen molar-refractivity contribution in [1.29, 1.82) is 0 Å². The minimum atomic E-state index is -1.28. The molecule has 230 valence electrons. The van der Waals surface area contributed by atoms with Crippen molar-refractivity contribution in [2.75, 3.05) is 26.4 Å². The van der Waals surface area contributed by atoms with Gasteiger partial charge in [0.1, 0.15) is 43.7 Å². The molecular weight excluding hydrogens is 582 g/mol. The van der Waals surface area contributed by atoms with E-state index in [-0.39, 0.29) is 48.7 Å². The van der Waals surface area contributed by atoms with Crippen LogP contribution in [0.4, 0.5) is 8.78 Å². The third kappa shape index (κ3) is 9.79. The Bertz CT molecular complexity index is 1520. The molecule has 0 saturated carbocycles. The number of carbonyl (C=O) groups excluding carboxylic acids is 4. The smallest absolute Gasteiger partial charge is 0.343 e. The van der Waals surface area contributed by atoms with Gasteiger partial charge in [-0.3, -0.25) is 0 Å². The van der Waals surface area contributed by atoms with Gasteiger partial charge in [-0.25, -0.2) is 28.0 Å². The van der Waals surface area contributed by atoms with Crippen molar-refractivity contribution >= 4 is 23.9 Å². The first-order valence-corrected chi connectivity index (χ1v) is 13.0. The molecule has 10 nitrogen and oxygen atoms in total. The van der Waals surface area contributed by atoms with Gasteiger partial charge in [0.15, 0.2) is 11.6 Å². The third-order valence-corrected chi connectivity index (χ3v) is 5.42. The molecule has 0 bridgehead atoms. The lowest BCUT2D eigenvalue weighted by Gasteiger charge is -2.11. The molecule has 3 aromatic rings. The van der Waals surface area contributed by atoms with Gasteiger partial charge in [0, 0.05) is 23.3 Å². The zero-order chi connectivity index (χ0) is 32.2. The van der Waals surface area contributed by atoms with Crippen LogP contribution in [0.5, 0.6) is 23.0 Å². The molecule has 0 spiro atoms. The standard InChI is InChI=1S/C32H28F2O10/c1-19(2)29(35)41-15-13-39-23-9-5-21(6-10-23)31(37)43-25-17-26(33)28(27(34)18-25)44-32(38)22-7-11-24(12-8-22)40-14-16-42-30(36)20(3)4/h5-12,17-18H,1,3,13-16H2,2,4H3. The summed E-state index contributed by atoms with van der Waals surface area (Å²) in [7, 11) is 0. The molecule has 0 saturated heterocycles. The molecule has 0 radical (unpaired) electrons. The maximum atomic E-state index is 14.7. The predicted octanol–water partition coefficient (Wildman–Crippen LogP) is 5.40. The van der Waals surface area contributed by atoms with Crippen molar-refractivity contribution in [2.24, 2.45) is 0 Å². The fourth-order valence-electron chi connectivity index (χ4n) is 3.22. The van der Waals surface area contributed by atoms with E-state index in [2.05, 4.69) is 13.2 Å². The molecular formula is C32H28F2O10. The van der Waals surface area contributed by atoms with Gasteiger partial charge >= 0.3 is 23.9 Å². The van der Waals surface area contributed by atoms with E-state index >= 15 is 0 Å². The van der Waals surface area contributed by atoms with E-state index in [1.54, 1.807) is 0 Å². The van der Waals surface area contributed by atoms with Crippen LogP contribution in [-0.4, -0.2) is 50.3 Å². The molecule has 0 N–H and O–H groups in total. The largest absolute Gasteiger partial charge is 0.490 e. The van der Waals surface area contributed by atoms with Crippen molar-refractivity contribution < 1.29 is 56.4 Å². The molecule has 3 aromatic carbocycles. The molecule has 12 heteroatoms. The van der Waals surface area contributed by atoms with Gasteiger partial charge in [-0.15, -0.1) is 0 Å². The topological polar surface area (TPSA) is 124 Å². The van der Waals surface area contributed by atoms with Crippen LogP contribution in [0, 0.1) is 11.6 Å². The second-order valence-corrected chi connectivity index (χ2v) is 9.07. The van der Waals surface area contributed by atoms with Crippen molar-refractivity contribution in [2.45, 2.75) is 13.8 Å². The second-order valence-electron chi connectivity index (χ2n) is 9.07. The second kappa shape index (κ2) is 15.6. The van der Waals surface area contributed by atoms with Gasteiger partial charge in [0.05, 0.1) is 11.1 Å². The van der Waals surface area contributed by atoms with Crippen LogP contribution in [0.1, 0.15) is 34.6 Å². The highest BCUT2D eigenvalue weighted by Crippen LogP contribution is 2.29. The van der Waals surface area contributed by atoms with E-state index in [9.17, 15) is 28.0 Å². The number of ether oxygens (including phenoxy) is 6. The van der Waals surface area contributed by atoms with E-state index < -0.39 is 47.0 Å². The van der Waals surface area contributed by atoms with Gasteiger partial charge in [-0.1, -0.05) is 13.2 Å². The number of halogens is 2. The van der Waals surface area contributed by atoms with Gasteiger partial charge in [-0.2, -0.15) is 0 Å². The summed E-state index contributed by atoms with van der Waals surface area (Å²) in [5, 5.41) is 0. The number of hydrogen-bond acceptors (Lipinski definition) is 10. The van der Waals surface area contributed by atoms with Gasteiger partial charge in [-0.05, 0) is 62.4 Å². The van der Waals surface area contributed by atoms with Crippen molar-refractivity contribution in [3.05, 3.63) is 108 Å². The van der Waals surface area contributed by atoms with Gasteiger partial charge in [0.2, 0.25) is 5.75 Å². The van der Waals surface area contributed by atoms with Gasteiger partial charge < -0.3 is 28.4 Å². The van der Waals surface area contributed by atoms with Crippen LogP contribution >= 0.6 is 0 Å². The lowest BCUT2D eigenvalue weighted by Crippen LogP contribution is -2.13. The molecule has 0 aliphatic rings. The summed E-state index contributed by atoms with van der Waals surface area (Å²) in [6, 6.07) is 12.5. The Morgan fingerprint density at radius 1 is 0.591 bits per heavy atom. The van der Waals surface area contributed by atoms with E-state index in [0.29, 0.717) is 23.6 Å². The minimum Gasteiger partial charge on any atom is -0.490 e. The zero-order valence-electron chi connectivity index (χ0n) is 23.9. The zero-order valence-corrected chi connectivity index (χ0v) is 23.9.